The molecule has 2 atom stereocenters. The molecule has 0 aromatic heterocycles. The summed E-state index contributed by atoms with van der Waals surface area (Å²) in [4.78, 5) is 0. The third kappa shape index (κ3) is 4.07. The number of ether oxygens (including phenoxy) is 3. The summed E-state index contributed by atoms with van der Waals surface area (Å²) in [5, 5.41) is 3.58. The Morgan fingerprint density at radius 1 is 1.28 bits per heavy atom. The third-order valence-corrected chi connectivity index (χ3v) is 4.57. The van der Waals surface area contributed by atoms with Crippen molar-refractivity contribution in [2.24, 2.45) is 0 Å². The Morgan fingerprint density at radius 2 is 2.12 bits per heavy atom. The van der Waals surface area contributed by atoms with Crippen molar-refractivity contribution in [3.63, 3.8) is 0 Å². The lowest BCUT2D eigenvalue weighted by molar-refractivity contribution is 0.254. The van der Waals surface area contributed by atoms with E-state index in [2.05, 4.69) is 43.4 Å². The zero-order valence-corrected chi connectivity index (χ0v) is 15.5. The number of nitrogens with one attached hydrogen (secondary N) is 1. The molecule has 0 aliphatic carbocycles. The van der Waals surface area contributed by atoms with Crippen LogP contribution in [0.2, 0.25) is 0 Å². The highest BCUT2D eigenvalue weighted by Gasteiger charge is 2.22. The van der Waals surface area contributed by atoms with Crippen LogP contribution in [-0.2, 0) is 13.0 Å². The highest BCUT2D eigenvalue weighted by atomic mass is 16.5. The van der Waals surface area contributed by atoms with Crippen LogP contribution in [-0.4, -0.2) is 19.8 Å². The third-order valence-electron chi connectivity index (χ3n) is 4.57. The average molecular weight is 341 g/mol. The summed E-state index contributed by atoms with van der Waals surface area (Å²) < 4.78 is 17.1. The standard InChI is InChI=1S/C21H27NO3/c1-5-24-20-11-17-9-14(2)25-21(17)12-18(20)13-22-15(3)16-7-6-8-19(10-16)23-4/h6-8,10-12,14-15,22H,5,9,13H2,1-4H3. The van der Waals surface area contributed by atoms with Crippen molar-refractivity contribution in [2.75, 3.05) is 13.7 Å². The second-order valence-corrected chi connectivity index (χ2v) is 6.51. The van der Waals surface area contributed by atoms with Gasteiger partial charge in [0, 0.05) is 30.1 Å². The Labute approximate surface area is 150 Å². The lowest BCUT2D eigenvalue weighted by atomic mass is 10.0. The minimum absolute atomic E-state index is 0.206. The number of benzene rings is 2. The Bertz CT molecular complexity index is 729. The monoisotopic (exact) mass is 341 g/mol. The second-order valence-electron chi connectivity index (χ2n) is 6.51. The summed E-state index contributed by atoms with van der Waals surface area (Å²) >= 11 is 0. The first-order chi connectivity index (χ1) is 12.1. The van der Waals surface area contributed by atoms with Gasteiger partial charge in [0.1, 0.15) is 23.4 Å². The predicted octanol–water partition coefficient (Wildman–Crippen LogP) is 4.27. The number of hydrogen-bond acceptors (Lipinski definition) is 4. The molecule has 2 aromatic carbocycles. The molecule has 0 radical (unpaired) electrons. The van der Waals surface area contributed by atoms with Crippen molar-refractivity contribution in [1.29, 1.82) is 0 Å². The van der Waals surface area contributed by atoms with E-state index < -0.39 is 0 Å². The van der Waals surface area contributed by atoms with Crippen LogP contribution in [0.4, 0.5) is 0 Å². The van der Waals surface area contributed by atoms with Crippen LogP contribution < -0.4 is 19.5 Å². The van der Waals surface area contributed by atoms with Gasteiger partial charge in [0.2, 0.25) is 0 Å². The first kappa shape index (κ1) is 17.6. The van der Waals surface area contributed by atoms with E-state index >= 15 is 0 Å². The van der Waals surface area contributed by atoms with Gasteiger partial charge in [-0.15, -0.1) is 0 Å². The highest BCUT2D eigenvalue weighted by Crippen LogP contribution is 2.35. The summed E-state index contributed by atoms with van der Waals surface area (Å²) in [6.07, 6.45) is 1.19. The van der Waals surface area contributed by atoms with Gasteiger partial charge in [0.05, 0.1) is 13.7 Å². The Hall–Kier alpha value is -2.20. The minimum Gasteiger partial charge on any atom is -0.497 e. The molecule has 4 nitrogen and oxygen atoms in total. The van der Waals surface area contributed by atoms with Crippen molar-refractivity contribution in [3.8, 4) is 17.2 Å². The zero-order chi connectivity index (χ0) is 17.8. The number of hydrogen-bond donors (Lipinski definition) is 1. The Morgan fingerprint density at radius 3 is 2.88 bits per heavy atom. The Kier molecular flexibility index (Phi) is 5.49. The van der Waals surface area contributed by atoms with Crippen molar-refractivity contribution < 1.29 is 14.2 Å². The van der Waals surface area contributed by atoms with E-state index in [-0.39, 0.29) is 12.1 Å². The van der Waals surface area contributed by atoms with Crippen LogP contribution in [0.5, 0.6) is 17.2 Å². The van der Waals surface area contributed by atoms with Crippen LogP contribution in [0.25, 0.3) is 0 Å². The van der Waals surface area contributed by atoms with Crippen molar-refractivity contribution in [1.82, 2.24) is 5.32 Å². The van der Waals surface area contributed by atoms with Crippen LogP contribution in [0.1, 0.15) is 43.5 Å². The second kappa shape index (κ2) is 7.79. The average Bonchev–Trinajstić information content (AvgIpc) is 2.98. The van der Waals surface area contributed by atoms with Gasteiger partial charge in [0.25, 0.3) is 0 Å². The zero-order valence-electron chi connectivity index (χ0n) is 15.5. The molecule has 134 valence electrons. The molecule has 2 aromatic rings. The minimum atomic E-state index is 0.206. The largest absolute Gasteiger partial charge is 0.497 e. The van der Waals surface area contributed by atoms with Crippen molar-refractivity contribution in [3.05, 3.63) is 53.1 Å². The fourth-order valence-corrected chi connectivity index (χ4v) is 3.20. The van der Waals surface area contributed by atoms with Gasteiger partial charge < -0.3 is 19.5 Å². The van der Waals surface area contributed by atoms with Crippen molar-refractivity contribution in [2.45, 2.75) is 45.9 Å². The van der Waals surface area contributed by atoms with Gasteiger partial charge in [-0.2, -0.15) is 0 Å². The molecule has 2 unspecified atom stereocenters. The Balaban J connectivity index is 1.74. The maximum Gasteiger partial charge on any atom is 0.124 e. The fraction of sp³-hybridized carbons (Fsp3) is 0.429. The molecule has 1 heterocycles. The van der Waals surface area contributed by atoms with Crippen molar-refractivity contribution >= 4 is 0 Å². The maximum atomic E-state index is 5.90. The molecule has 0 saturated heterocycles. The topological polar surface area (TPSA) is 39.7 Å². The van der Waals surface area contributed by atoms with Crippen LogP contribution in [0, 0.1) is 0 Å². The van der Waals surface area contributed by atoms with E-state index in [1.54, 1.807) is 7.11 Å². The van der Waals surface area contributed by atoms with Gasteiger partial charge in [-0.3, -0.25) is 0 Å². The first-order valence-corrected chi connectivity index (χ1v) is 8.93. The summed E-state index contributed by atoms with van der Waals surface area (Å²) in [6.45, 7) is 7.65. The molecule has 1 aliphatic heterocycles. The van der Waals surface area contributed by atoms with Gasteiger partial charge in [-0.25, -0.2) is 0 Å². The van der Waals surface area contributed by atoms with Crippen LogP contribution in [0.3, 0.4) is 0 Å². The summed E-state index contributed by atoms with van der Waals surface area (Å²) in [7, 11) is 1.69. The molecule has 0 fully saturated rings. The molecular weight excluding hydrogens is 314 g/mol. The lowest BCUT2D eigenvalue weighted by Gasteiger charge is -2.18. The van der Waals surface area contributed by atoms with Gasteiger partial charge in [0.15, 0.2) is 0 Å². The van der Waals surface area contributed by atoms with Crippen LogP contribution >= 0.6 is 0 Å². The fourth-order valence-electron chi connectivity index (χ4n) is 3.20. The summed E-state index contributed by atoms with van der Waals surface area (Å²) in [5.74, 6) is 2.81. The normalized spacial score (nSPS) is 16.9. The van der Waals surface area contributed by atoms with E-state index in [4.69, 9.17) is 14.2 Å². The molecule has 25 heavy (non-hydrogen) atoms. The quantitative estimate of drug-likeness (QED) is 0.816. The number of rotatable bonds is 7. The predicted molar refractivity (Wildman–Crippen MR) is 99.7 cm³/mol. The lowest BCUT2D eigenvalue weighted by Crippen LogP contribution is -2.18. The molecule has 0 spiro atoms. The van der Waals surface area contributed by atoms with E-state index in [0.717, 1.165) is 35.8 Å². The number of fused-ring (bicyclic) bond motifs is 1. The molecule has 3 rings (SSSR count). The van der Waals surface area contributed by atoms with Crippen LogP contribution in [0.15, 0.2) is 36.4 Å². The molecule has 1 aliphatic rings. The first-order valence-electron chi connectivity index (χ1n) is 8.93. The van der Waals surface area contributed by atoms with Gasteiger partial charge in [-0.1, -0.05) is 12.1 Å². The smallest absolute Gasteiger partial charge is 0.124 e. The maximum absolute atomic E-state index is 5.90. The molecule has 0 saturated carbocycles. The van der Waals surface area contributed by atoms with E-state index in [1.807, 2.05) is 19.1 Å². The van der Waals surface area contributed by atoms with E-state index in [1.165, 1.54) is 11.1 Å². The summed E-state index contributed by atoms with van der Waals surface area (Å²) in [6, 6.07) is 12.6. The number of methoxy groups -OCH3 is 1. The molecule has 0 bridgehead atoms. The SMILES string of the molecule is CCOc1cc2c(cc1CNC(C)c1cccc(OC)c1)OC(C)C2. The highest BCUT2D eigenvalue weighted by molar-refractivity contribution is 5.48. The van der Waals surface area contributed by atoms with E-state index in [0.29, 0.717) is 6.61 Å². The van der Waals surface area contributed by atoms with Gasteiger partial charge >= 0.3 is 0 Å². The van der Waals surface area contributed by atoms with Gasteiger partial charge in [-0.05, 0) is 50.6 Å². The molecule has 0 amide bonds. The molecular formula is C21H27NO3. The molecule has 1 N–H and O–H groups in total. The molecule has 4 heteroatoms. The van der Waals surface area contributed by atoms with E-state index in [9.17, 15) is 0 Å². The summed E-state index contributed by atoms with van der Waals surface area (Å²) in [5.41, 5.74) is 3.56.